The average molecular weight is 426 g/mol. The van der Waals surface area contributed by atoms with Gasteiger partial charge in [0.15, 0.2) is 0 Å². The van der Waals surface area contributed by atoms with Gasteiger partial charge in [-0.2, -0.15) is 0 Å². The number of ether oxygens (including phenoxy) is 1. The highest BCUT2D eigenvalue weighted by Crippen LogP contribution is 2.30. The van der Waals surface area contributed by atoms with Gasteiger partial charge in [0.25, 0.3) is 0 Å². The van der Waals surface area contributed by atoms with E-state index in [-0.39, 0.29) is 17.9 Å². The minimum Gasteiger partial charge on any atom is -0.465 e. The first-order valence-electron chi connectivity index (χ1n) is 10.5. The number of benzene rings is 1. The zero-order chi connectivity index (χ0) is 21.8. The lowest BCUT2D eigenvalue weighted by Gasteiger charge is -2.46. The number of rotatable bonds is 2. The van der Waals surface area contributed by atoms with E-state index in [1.54, 1.807) is 4.90 Å². The zero-order valence-electron chi connectivity index (χ0n) is 17.3. The number of carboxylic acid groups (broad SMARTS) is 1. The fraction of sp³-hybridized carbons (Fsp3) is 0.500. The summed E-state index contributed by atoms with van der Waals surface area (Å²) in [5.74, 6) is 6.12. The van der Waals surface area contributed by atoms with Crippen molar-refractivity contribution < 1.29 is 24.2 Å². The van der Waals surface area contributed by atoms with Gasteiger partial charge in [0.2, 0.25) is 5.91 Å². The highest BCUT2D eigenvalue weighted by Gasteiger charge is 2.40. The van der Waals surface area contributed by atoms with E-state index in [2.05, 4.69) is 22.1 Å². The third-order valence-corrected chi connectivity index (χ3v) is 6.02. The van der Waals surface area contributed by atoms with Crippen LogP contribution in [0, 0.1) is 11.8 Å². The lowest BCUT2D eigenvalue weighted by Crippen LogP contribution is -2.57. The second-order valence-electron chi connectivity index (χ2n) is 8.12. The molecule has 3 aliphatic heterocycles. The summed E-state index contributed by atoms with van der Waals surface area (Å²) in [5.41, 5.74) is 1.23. The van der Waals surface area contributed by atoms with E-state index >= 15 is 0 Å². The molecule has 0 unspecified atom stereocenters. The molecule has 3 aliphatic rings. The first-order valence-corrected chi connectivity index (χ1v) is 10.5. The highest BCUT2D eigenvalue weighted by molar-refractivity contribution is 6.05. The predicted octanol–water partition coefficient (Wildman–Crippen LogP) is 1.33. The Hall–Kier alpha value is -3.09. The average Bonchev–Trinajstić information content (AvgIpc) is 2.74. The molecule has 2 N–H and O–H groups in total. The molecule has 3 saturated heterocycles. The number of anilines is 1. The Morgan fingerprint density at radius 3 is 2.74 bits per heavy atom. The van der Waals surface area contributed by atoms with Crippen LogP contribution in [0.5, 0.6) is 0 Å². The number of imide groups is 1. The molecule has 0 saturated carbocycles. The minimum atomic E-state index is -0.871. The molecule has 3 fully saturated rings. The van der Waals surface area contributed by atoms with E-state index in [0.29, 0.717) is 51.3 Å². The molecule has 9 heteroatoms. The van der Waals surface area contributed by atoms with Crippen LogP contribution in [0.2, 0.25) is 0 Å². The summed E-state index contributed by atoms with van der Waals surface area (Å²) in [5, 5.41) is 11.5. The summed E-state index contributed by atoms with van der Waals surface area (Å²) in [6, 6.07) is 7.02. The van der Waals surface area contributed by atoms with Crippen molar-refractivity contribution in [1.29, 1.82) is 0 Å². The van der Waals surface area contributed by atoms with Gasteiger partial charge in [0, 0.05) is 50.4 Å². The van der Waals surface area contributed by atoms with Crippen molar-refractivity contribution in [3.05, 3.63) is 29.8 Å². The molecule has 4 amide bonds. The van der Waals surface area contributed by atoms with E-state index in [4.69, 9.17) is 9.84 Å². The van der Waals surface area contributed by atoms with Crippen molar-refractivity contribution in [3.63, 3.8) is 0 Å². The molecule has 31 heavy (non-hydrogen) atoms. The maximum Gasteiger partial charge on any atom is 0.407 e. The van der Waals surface area contributed by atoms with Gasteiger partial charge < -0.3 is 14.7 Å². The SMILES string of the molecule is O=C1CCN(c2cccc(C#CCN3CCOC4(CCN(C(=O)O)CC4)C3)c2)C(=O)N1. The maximum absolute atomic E-state index is 12.0. The number of hydrogen-bond donors (Lipinski definition) is 2. The van der Waals surface area contributed by atoms with E-state index in [1.807, 2.05) is 24.3 Å². The van der Waals surface area contributed by atoms with Gasteiger partial charge in [-0.1, -0.05) is 17.9 Å². The number of urea groups is 1. The second-order valence-corrected chi connectivity index (χ2v) is 8.12. The second kappa shape index (κ2) is 8.96. The number of hydrogen-bond acceptors (Lipinski definition) is 5. The summed E-state index contributed by atoms with van der Waals surface area (Å²) in [6.45, 7) is 4.10. The van der Waals surface area contributed by atoms with Crippen LogP contribution in [-0.2, 0) is 9.53 Å². The summed E-state index contributed by atoms with van der Waals surface area (Å²) < 4.78 is 6.05. The maximum atomic E-state index is 12.0. The van der Waals surface area contributed by atoms with Crippen molar-refractivity contribution in [3.8, 4) is 11.8 Å². The smallest absolute Gasteiger partial charge is 0.407 e. The van der Waals surface area contributed by atoms with Gasteiger partial charge in [-0.25, -0.2) is 9.59 Å². The number of likely N-dealkylation sites (tertiary alicyclic amines) is 1. The third kappa shape index (κ3) is 4.98. The van der Waals surface area contributed by atoms with Crippen LogP contribution in [-0.4, -0.2) is 84.4 Å². The first kappa shape index (κ1) is 21.2. The standard InChI is InChI=1S/C22H26N4O5/c27-19-6-10-26(20(28)23-19)18-5-1-3-17(15-18)4-2-9-24-13-14-31-22(16-24)7-11-25(12-8-22)21(29)30/h1,3,5,15H,6-14,16H2,(H,29,30)(H,23,27,28). The first-order chi connectivity index (χ1) is 14.9. The van der Waals surface area contributed by atoms with Crippen molar-refractivity contribution in [2.24, 2.45) is 0 Å². The minimum absolute atomic E-state index is 0.255. The van der Waals surface area contributed by atoms with E-state index in [1.165, 1.54) is 4.90 Å². The van der Waals surface area contributed by atoms with E-state index in [0.717, 1.165) is 18.7 Å². The number of morpholine rings is 1. The molecular formula is C22H26N4O5. The van der Waals surface area contributed by atoms with Crippen molar-refractivity contribution >= 4 is 23.7 Å². The predicted molar refractivity (Wildman–Crippen MR) is 113 cm³/mol. The van der Waals surface area contributed by atoms with Crippen molar-refractivity contribution in [1.82, 2.24) is 15.1 Å². The molecule has 0 aromatic heterocycles. The fourth-order valence-corrected chi connectivity index (χ4v) is 4.28. The Morgan fingerprint density at radius 2 is 2.00 bits per heavy atom. The highest BCUT2D eigenvalue weighted by atomic mass is 16.5. The Kier molecular flexibility index (Phi) is 6.11. The molecule has 4 rings (SSSR count). The third-order valence-electron chi connectivity index (χ3n) is 6.02. The van der Waals surface area contributed by atoms with Gasteiger partial charge in [0.05, 0.1) is 18.8 Å². The van der Waals surface area contributed by atoms with Crippen LogP contribution in [0.15, 0.2) is 24.3 Å². The van der Waals surface area contributed by atoms with E-state index < -0.39 is 12.1 Å². The van der Waals surface area contributed by atoms with Gasteiger partial charge in [0.1, 0.15) is 0 Å². The monoisotopic (exact) mass is 426 g/mol. The number of carbonyl (C=O) groups excluding carboxylic acids is 2. The lowest BCUT2D eigenvalue weighted by molar-refractivity contribution is -0.130. The fourth-order valence-electron chi connectivity index (χ4n) is 4.28. The van der Waals surface area contributed by atoms with Gasteiger partial charge in [-0.05, 0) is 31.0 Å². The van der Waals surface area contributed by atoms with E-state index in [9.17, 15) is 14.4 Å². The normalized spacial score (nSPS) is 21.4. The van der Waals surface area contributed by atoms with Crippen LogP contribution < -0.4 is 10.2 Å². The molecule has 9 nitrogen and oxygen atoms in total. The van der Waals surface area contributed by atoms with Gasteiger partial charge in [-0.15, -0.1) is 0 Å². The van der Waals surface area contributed by atoms with Crippen molar-refractivity contribution in [2.75, 3.05) is 50.8 Å². The lowest BCUT2D eigenvalue weighted by atomic mass is 9.89. The molecule has 1 aromatic rings. The molecule has 3 heterocycles. The number of nitrogens with one attached hydrogen (secondary N) is 1. The van der Waals surface area contributed by atoms with Gasteiger partial charge >= 0.3 is 12.1 Å². The molecule has 0 aliphatic carbocycles. The van der Waals surface area contributed by atoms with Crippen LogP contribution in [0.3, 0.4) is 0 Å². The number of carbonyl (C=O) groups is 3. The van der Waals surface area contributed by atoms with Crippen LogP contribution in [0.1, 0.15) is 24.8 Å². The Labute approximate surface area is 180 Å². The molecule has 0 bridgehead atoms. The summed E-state index contributed by atoms with van der Waals surface area (Å²) >= 11 is 0. The Bertz CT molecular complexity index is 929. The number of amides is 4. The Balaban J connectivity index is 1.35. The van der Waals surface area contributed by atoms with Crippen LogP contribution in [0.25, 0.3) is 0 Å². The summed E-state index contributed by atoms with van der Waals surface area (Å²) in [6.07, 6.45) is 0.811. The Morgan fingerprint density at radius 1 is 1.19 bits per heavy atom. The topological polar surface area (TPSA) is 102 Å². The zero-order valence-corrected chi connectivity index (χ0v) is 17.3. The largest absolute Gasteiger partial charge is 0.465 e. The molecule has 0 atom stereocenters. The summed E-state index contributed by atoms with van der Waals surface area (Å²) in [4.78, 5) is 39.8. The molecule has 0 radical (unpaired) electrons. The van der Waals surface area contributed by atoms with Crippen LogP contribution in [0.4, 0.5) is 15.3 Å². The van der Waals surface area contributed by atoms with Crippen LogP contribution >= 0.6 is 0 Å². The molecule has 164 valence electrons. The molecule has 1 spiro atoms. The van der Waals surface area contributed by atoms with Crippen molar-refractivity contribution in [2.45, 2.75) is 24.9 Å². The molecule has 1 aromatic carbocycles. The number of nitrogens with zero attached hydrogens (tertiary/aromatic N) is 3. The molecular weight excluding hydrogens is 400 g/mol. The van der Waals surface area contributed by atoms with Gasteiger partial charge in [-0.3, -0.25) is 19.9 Å². The number of piperidine rings is 1. The summed E-state index contributed by atoms with van der Waals surface area (Å²) in [7, 11) is 0. The quantitative estimate of drug-likeness (QED) is 0.692.